The zero-order valence-electron chi connectivity index (χ0n) is 10.6. The molecule has 2 rings (SSSR count). The molecule has 0 aromatic heterocycles. The minimum absolute atomic E-state index is 0.0632. The van der Waals surface area contributed by atoms with Gasteiger partial charge in [-0.25, -0.2) is 8.42 Å². The lowest BCUT2D eigenvalue weighted by molar-refractivity contribution is 0.416. The standard InChI is InChI=1S/C14H13ClO3S/c1-10-5-3-4-6-12(10)13-9-11(19(15,16)17)7-8-14(13)18-2/h3-9H,1-2H3. The second-order valence-corrected chi connectivity index (χ2v) is 6.68. The van der Waals surface area contributed by atoms with Crippen molar-refractivity contribution in [3.63, 3.8) is 0 Å². The average molecular weight is 297 g/mol. The Morgan fingerprint density at radius 3 is 2.32 bits per heavy atom. The van der Waals surface area contributed by atoms with E-state index in [1.165, 1.54) is 12.1 Å². The molecule has 100 valence electrons. The lowest BCUT2D eigenvalue weighted by Gasteiger charge is -2.12. The molecule has 0 saturated carbocycles. The van der Waals surface area contributed by atoms with Gasteiger partial charge >= 0.3 is 0 Å². The number of benzene rings is 2. The van der Waals surface area contributed by atoms with Crippen LogP contribution in [0.5, 0.6) is 5.75 Å². The molecule has 0 N–H and O–H groups in total. The van der Waals surface area contributed by atoms with Crippen LogP contribution < -0.4 is 4.74 Å². The molecule has 2 aromatic rings. The quantitative estimate of drug-likeness (QED) is 0.813. The molecule has 0 heterocycles. The smallest absolute Gasteiger partial charge is 0.261 e. The van der Waals surface area contributed by atoms with Gasteiger partial charge in [-0.1, -0.05) is 24.3 Å². The molecule has 0 atom stereocenters. The molecule has 0 unspecified atom stereocenters. The Bertz CT molecular complexity index is 708. The third-order valence-electron chi connectivity index (χ3n) is 2.89. The average Bonchev–Trinajstić information content (AvgIpc) is 2.37. The van der Waals surface area contributed by atoms with E-state index >= 15 is 0 Å². The Hall–Kier alpha value is -1.52. The number of methoxy groups -OCH3 is 1. The first-order valence-corrected chi connectivity index (χ1v) is 7.93. The lowest BCUT2D eigenvalue weighted by atomic mass is 10.00. The third kappa shape index (κ3) is 2.91. The summed E-state index contributed by atoms with van der Waals surface area (Å²) in [5.41, 5.74) is 2.66. The van der Waals surface area contributed by atoms with Crippen molar-refractivity contribution in [3.05, 3.63) is 48.0 Å². The van der Waals surface area contributed by atoms with Crippen LogP contribution in [-0.4, -0.2) is 15.5 Å². The number of hydrogen-bond acceptors (Lipinski definition) is 3. The van der Waals surface area contributed by atoms with E-state index in [0.29, 0.717) is 11.3 Å². The van der Waals surface area contributed by atoms with E-state index in [-0.39, 0.29) is 4.90 Å². The van der Waals surface area contributed by atoms with Gasteiger partial charge in [-0.2, -0.15) is 0 Å². The summed E-state index contributed by atoms with van der Waals surface area (Å²) in [5, 5.41) is 0. The monoisotopic (exact) mass is 296 g/mol. The Balaban J connectivity index is 2.71. The maximum absolute atomic E-state index is 11.4. The zero-order chi connectivity index (χ0) is 14.0. The summed E-state index contributed by atoms with van der Waals surface area (Å²) in [4.78, 5) is 0.0632. The van der Waals surface area contributed by atoms with Crippen LogP contribution in [0.1, 0.15) is 5.56 Å². The summed E-state index contributed by atoms with van der Waals surface area (Å²) >= 11 is 0. The molecule has 0 fully saturated rings. The van der Waals surface area contributed by atoms with Gasteiger partial charge in [0.1, 0.15) is 5.75 Å². The van der Waals surface area contributed by atoms with Crippen LogP contribution in [0.2, 0.25) is 0 Å². The fourth-order valence-electron chi connectivity index (χ4n) is 1.92. The molecule has 0 bridgehead atoms. The second-order valence-electron chi connectivity index (χ2n) is 4.11. The summed E-state index contributed by atoms with van der Waals surface area (Å²) in [7, 11) is 3.18. The molecule has 0 aliphatic heterocycles. The highest BCUT2D eigenvalue weighted by molar-refractivity contribution is 8.13. The fraction of sp³-hybridized carbons (Fsp3) is 0.143. The number of aryl methyl sites for hydroxylation is 1. The van der Waals surface area contributed by atoms with E-state index in [4.69, 9.17) is 15.4 Å². The molecular weight excluding hydrogens is 284 g/mol. The molecule has 0 amide bonds. The van der Waals surface area contributed by atoms with E-state index < -0.39 is 9.05 Å². The lowest BCUT2D eigenvalue weighted by Crippen LogP contribution is -1.95. The molecule has 0 saturated heterocycles. The van der Waals surface area contributed by atoms with Gasteiger partial charge in [0.25, 0.3) is 9.05 Å². The number of halogens is 1. The van der Waals surface area contributed by atoms with Crippen LogP contribution in [0, 0.1) is 6.92 Å². The molecule has 0 aliphatic carbocycles. The highest BCUT2D eigenvalue weighted by atomic mass is 35.7. The summed E-state index contributed by atoms with van der Waals surface area (Å²) in [6, 6.07) is 12.3. The van der Waals surface area contributed by atoms with Gasteiger partial charge in [0, 0.05) is 16.2 Å². The van der Waals surface area contributed by atoms with Crippen molar-refractivity contribution in [1.82, 2.24) is 0 Å². The van der Waals surface area contributed by atoms with E-state index in [9.17, 15) is 8.42 Å². The van der Waals surface area contributed by atoms with Crippen LogP contribution in [0.15, 0.2) is 47.4 Å². The number of hydrogen-bond donors (Lipinski definition) is 0. The molecule has 0 radical (unpaired) electrons. The highest BCUT2D eigenvalue weighted by Gasteiger charge is 2.15. The van der Waals surface area contributed by atoms with Crippen LogP contribution in [-0.2, 0) is 9.05 Å². The molecule has 0 aliphatic rings. The first-order valence-electron chi connectivity index (χ1n) is 5.62. The van der Waals surface area contributed by atoms with Crippen molar-refractivity contribution in [3.8, 4) is 16.9 Å². The zero-order valence-corrected chi connectivity index (χ0v) is 12.1. The third-order valence-corrected chi connectivity index (χ3v) is 4.24. The van der Waals surface area contributed by atoms with Gasteiger partial charge in [-0.05, 0) is 36.2 Å². The first kappa shape index (κ1) is 13.9. The van der Waals surface area contributed by atoms with Crippen LogP contribution >= 0.6 is 10.7 Å². The second kappa shape index (κ2) is 5.23. The highest BCUT2D eigenvalue weighted by Crippen LogP contribution is 2.34. The molecular formula is C14H13ClO3S. The van der Waals surface area contributed by atoms with Gasteiger partial charge in [0.05, 0.1) is 12.0 Å². The predicted octanol–water partition coefficient (Wildman–Crippen LogP) is 3.60. The van der Waals surface area contributed by atoms with Crippen molar-refractivity contribution in [1.29, 1.82) is 0 Å². The van der Waals surface area contributed by atoms with Crippen molar-refractivity contribution in [2.24, 2.45) is 0 Å². The summed E-state index contributed by atoms with van der Waals surface area (Å²) in [6.45, 7) is 1.96. The topological polar surface area (TPSA) is 43.4 Å². The van der Waals surface area contributed by atoms with Gasteiger partial charge in [0.15, 0.2) is 0 Å². The van der Waals surface area contributed by atoms with Crippen LogP contribution in [0.25, 0.3) is 11.1 Å². The van der Waals surface area contributed by atoms with E-state index in [1.54, 1.807) is 13.2 Å². The van der Waals surface area contributed by atoms with E-state index in [2.05, 4.69) is 0 Å². The summed E-state index contributed by atoms with van der Waals surface area (Å²) in [5.74, 6) is 0.610. The van der Waals surface area contributed by atoms with Crippen molar-refractivity contribution < 1.29 is 13.2 Å². The summed E-state index contributed by atoms with van der Waals surface area (Å²) < 4.78 is 28.1. The molecule has 3 nitrogen and oxygen atoms in total. The van der Waals surface area contributed by atoms with Crippen molar-refractivity contribution in [2.45, 2.75) is 11.8 Å². The van der Waals surface area contributed by atoms with E-state index in [0.717, 1.165) is 11.1 Å². The van der Waals surface area contributed by atoms with Gasteiger partial charge in [-0.15, -0.1) is 0 Å². The SMILES string of the molecule is COc1ccc(S(=O)(=O)Cl)cc1-c1ccccc1C. The normalized spacial score (nSPS) is 11.3. The molecule has 5 heteroatoms. The number of rotatable bonds is 3. The van der Waals surface area contributed by atoms with Crippen LogP contribution in [0.4, 0.5) is 0 Å². The Kier molecular flexibility index (Phi) is 3.83. The summed E-state index contributed by atoms with van der Waals surface area (Å²) in [6.07, 6.45) is 0. The fourth-order valence-corrected chi connectivity index (χ4v) is 2.70. The molecule has 19 heavy (non-hydrogen) atoms. The minimum Gasteiger partial charge on any atom is -0.496 e. The maximum atomic E-state index is 11.4. The predicted molar refractivity (Wildman–Crippen MR) is 76.2 cm³/mol. The molecule has 0 spiro atoms. The largest absolute Gasteiger partial charge is 0.496 e. The van der Waals surface area contributed by atoms with Crippen molar-refractivity contribution >= 4 is 19.7 Å². The molecule has 2 aromatic carbocycles. The Labute approximate surface area is 117 Å². The Morgan fingerprint density at radius 2 is 1.74 bits per heavy atom. The van der Waals surface area contributed by atoms with Gasteiger partial charge < -0.3 is 4.74 Å². The Morgan fingerprint density at radius 1 is 1.05 bits per heavy atom. The van der Waals surface area contributed by atoms with E-state index in [1.807, 2.05) is 31.2 Å². The van der Waals surface area contributed by atoms with Gasteiger partial charge in [0.2, 0.25) is 0 Å². The van der Waals surface area contributed by atoms with Crippen molar-refractivity contribution in [2.75, 3.05) is 7.11 Å². The number of ether oxygens (including phenoxy) is 1. The minimum atomic E-state index is -3.75. The first-order chi connectivity index (χ1) is 8.93. The van der Waals surface area contributed by atoms with Crippen LogP contribution in [0.3, 0.4) is 0 Å². The maximum Gasteiger partial charge on any atom is 0.261 e. The van der Waals surface area contributed by atoms with Gasteiger partial charge in [-0.3, -0.25) is 0 Å².